The lowest BCUT2D eigenvalue weighted by molar-refractivity contribution is 0.563. The summed E-state index contributed by atoms with van der Waals surface area (Å²) in [5, 5.41) is 0. The largest absolute Gasteiger partial charge is 0.208 e. The van der Waals surface area contributed by atoms with Crippen LogP contribution in [0.5, 0.6) is 0 Å². The molecule has 302 valence electrons. The molecule has 0 saturated carbocycles. The average Bonchev–Trinajstić information content (AvgIpc) is 3.67. The molecule has 0 saturated heterocycles. The van der Waals surface area contributed by atoms with E-state index >= 15 is 0 Å². The maximum absolute atomic E-state index is 5.34. The number of hydrogen-bond donors (Lipinski definition) is 0. The number of fused-ring (bicyclic) bond motifs is 9. The molecule has 0 bridgehead atoms. The van der Waals surface area contributed by atoms with Crippen LogP contribution in [0, 0.1) is 0 Å². The number of benzene rings is 9. The number of rotatable bonds is 6. The highest BCUT2D eigenvalue weighted by molar-refractivity contribution is 5.97. The first-order chi connectivity index (χ1) is 31.5. The van der Waals surface area contributed by atoms with Crippen molar-refractivity contribution in [1.82, 2.24) is 15.0 Å². The molecule has 12 rings (SSSR count). The van der Waals surface area contributed by atoms with Gasteiger partial charge < -0.3 is 0 Å². The number of nitrogens with zero attached hydrogens (tertiary/aromatic N) is 3. The molecule has 3 nitrogen and oxygen atoms in total. The maximum atomic E-state index is 5.34. The average molecular weight is 818 g/mol. The lowest BCUT2D eigenvalue weighted by Crippen LogP contribution is -2.40. The molecule has 2 aliphatic carbocycles. The topological polar surface area (TPSA) is 38.7 Å². The zero-order valence-electron chi connectivity index (χ0n) is 35.7. The molecule has 3 heteroatoms. The van der Waals surface area contributed by atoms with Gasteiger partial charge in [-0.3, -0.25) is 0 Å². The second kappa shape index (κ2) is 14.8. The van der Waals surface area contributed by atoms with Crippen molar-refractivity contribution in [2.45, 2.75) is 24.7 Å². The summed E-state index contributed by atoms with van der Waals surface area (Å²) >= 11 is 0. The van der Waals surface area contributed by atoms with Crippen molar-refractivity contribution >= 4 is 0 Å². The number of hydrogen-bond acceptors (Lipinski definition) is 3. The third kappa shape index (κ3) is 5.85. The minimum Gasteiger partial charge on any atom is -0.208 e. The van der Waals surface area contributed by atoms with E-state index in [1.54, 1.807) is 0 Å². The molecule has 0 amide bonds. The Balaban J connectivity index is 1.17. The second-order valence-electron chi connectivity index (χ2n) is 17.5. The van der Waals surface area contributed by atoms with Gasteiger partial charge in [-0.05, 0) is 102 Å². The summed E-state index contributed by atoms with van der Waals surface area (Å²) in [7, 11) is 0. The Morgan fingerprint density at radius 1 is 0.266 bits per heavy atom. The van der Waals surface area contributed by atoms with Crippen LogP contribution in [0.25, 0.3) is 78.7 Å². The van der Waals surface area contributed by atoms with E-state index in [-0.39, 0.29) is 5.41 Å². The van der Waals surface area contributed by atoms with E-state index in [4.69, 9.17) is 15.0 Å². The van der Waals surface area contributed by atoms with Gasteiger partial charge in [-0.15, -0.1) is 0 Å². The predicted molar refractivity (Wildman–Crippen MR) is 262 cm³/mol. The maximum Gasteiger partial charge on any atom is 0.164 e. The van der Waals surface area contributed by atoms with E-state index in [1.165, 1.54) is 61.2 Å². The van der Waals surface area contributed by atoms with E-state index in [0.29, 0.717) is 17.5 Å². The Bertz CT molecular complexity index is 3230. The van der Waals surface area contributed by atoms with E-state index < -0.39 is 5.41 Å². The predicted octanol–water partition coefficient (Wildman–Crippen LogP) is 14.9. The monoisotopic (exact) mass is 817 g/mol. The third-order valence-corrected chi connectivity index (χ3v) is 13.6. The highest BCUT2D eigenvalue weighted by Crippen LogP contribution is 2.63. The van der Waals surface area contributed by atoms with Crippen LogP contribution in [-0.4, -0.2) is 15.0 Å². The summed E-state index contributed by atoms with van der Waals surface area (Å²) in [6, 6.07) is 81.2. The molecular weight excluding hydrogens is 775 g/mol. The highest BCUT2D eigenvalue weighted by Gasteiger charge is 2.54. The van der Waals surface area contributed by atoms with Gasteiger partial charge in [0.05, 0.1) is 5.41 Å². The van der Waals surface area contributed by atoms with E-state index in [2.05, 4.69) is 202 Å². The Labute approximate surface area is 374 Å². The Kier molecular flexibility index (Phi) is 8.74. The molecule has 1 spiro atoms. The van der Waals surface area contributed by atoms with Crippen molar-refractivity contribution in [3.8, 4) is 78.7 Å². The van der Waals surface area contributed by atoms with Crippen molar-refractivity contribution < 1.29 is 0 Å². The van der Waals surface area contributed by atoms with Crippen LogP contribution in [0.1, 0.15) is 47.2 Å². The fourth-order valence-electron chi connectivity index (χ4n) is 10.6. The molecule has 1 heterocycles. The molecular formula is C61H43N3. The van der Waals surface area contributed by atoms with Crippen LogP contribution in [0.3, 0.4) is 0 Å². The molecule has 0 unspecified atom stereocenters. The summed E-state index contributed by atoms with van der Waals surface area (Å²) < 4.78 is 0. The third-order valence-electron chi connectivity index (χ3n) is 13.6. The van der Waals surface area contributed by atoms with Gasteiger partial charge in [0.2, 0.25) is 0 Å². The van der Waals surface area contributed by atoms with Gasteiger partial charge in [0.1, 0.15) is 0 Å². The molecule has 9 aromatic carbocycles. The Hall–Kier alpha value is -8.01. The fraction of sp³-hybridized carbons (Fsp3) is 0.0656. The van der Waals surface area contributed by atoms with E-state index in [9.17, 15) is 0 Å². The Morgan fingerprint density at radius 3 is 1.17 bits per heavy atom. The first kappa shape index (κ1) is 37.7. The summed E-state index contributed by atoms with van der Waals surface area (Å²) in [6.45, 7) is 4.75. The van der Waals surface area contributed by atoms with Crippen LogP contribution in [-0.2, 0) is 10.8 Å². The lowest BCUT2D eigenvalue weighted by atomic mass is 9.55. The van der Waals surface area contributed by atoms with Crippen molar-refractivity contribution in [2.75, 3.05) is 0 Å². The minimum absolute atomic E-state index is 0.214. The fourth-order valence-corrected chi connectivity index (χ4v) is 10.6. The second-order valence-corrected chi connectivity index (χ2v) is 17.5. The molecule has 0 N–H and O–H groups in total. The normalized spacial score (nSPS) is 13.7. The highest BCUT2D eigenvalue weighted by atomic mass is 15.0. The molecule has 0 fully saturated rings. The molecule has 0 radical (unpaired) electrons. The van der Waals surface area contributed by atoms with Crippen LogP contribution in [0.4, 0.5) is 0 Å². The minimum atomic E-state index is -0.597. The van der Waals surface area contributed by atoms with Crippen molar-refractivity contribution in [3.63, 3.8) is 0 Å². The summed E-state index contributed by atoms with van der Waals surface area (Å²) in [5.74, 6) is 1.93. The standard InChI is InChI=1S/C61H43N3/c1-60(2)51-29-15-17-31-53(51)61(54-32-18-16-30-52(54)60)50-35-34-44(47-37-45(40-20-7-3-8-21-40)36-46(38-47)41-22-9-4-10-23-41)39-49(50)56-48(28-19-33-55(56)61)59-63-57(42-24-11-5-12-25-42)62-58(64-59)43-26-13-6-14-27-43/h3-39H,1-2H3. The van der Waals surface area contributed by atoms with Crippen molar-refractivity contribution in [2.24, 2.45) is 0 Å². The van der Waals surface area contributed by atoms with Gasteiger partial charge in [-0.25, -0.2) is 15.0 Å². The smallest absolute Gasteiger partial charge is 0.164 e. The first-order valence-electron chi connectivity index (χ1n) is 22.1. The van der Waals surface area contributed by atoms with Gasteiger partial charge >= 0.3 is 0 Å². The Morgan fingerprint density at radius 2 is 0.672 bits per heavy atom. The van der Waals surface area contributed by atoms with Gasteiger partial charge in [0.25, 0.3) is 0 Å². The van der Waals surface area contributed by atoms with Crippen LogP contribution in [0.15, 0.2) is 224 Å². The van der Waals surface area contributed by atoms with Gasteiger partial charge in [-0.2, -0.15) is 0 Å². The van der Waals surface area contributed by atoms with Crippen LogP contribution in [0.2, 0.25) is 0 Å². The summed E-state index contributed by atoms with van der Waals surface area (Å²) in [4.78, 5) is 15.8. The van der Waals surface area contributed by atoms with Crippen LogP contribution < -0.4 is 0 Å². The summed E-state index contributed by atoms with van der Waals surface area (Å²) in [6.07, 6.45) is 0. The van der Waals surface area contributed by atoms with E-state index in [0.717, 1.165) is 33.4 Å². The SMILES string of the molecule is CC1(C)c2ccccc2C2(c3ccc(-c4cc(-c5ccccc5)cc(-c5ccccc5)c4)cc3-c3c(-c4nc(-c5ccccc5)nc(-c5ccccc5)n4)cccc32)c2ccccc21. The van der Waals surface area contributed by atoms with Gasteiger partial charge in [-0.1, -0.05) is 214 Å². The molecule has 2 aliphatic rings. The zero-order valence-corrected chi connectivity index (χ0v) is 35.7. The van der Waals surface area contributed by atoms with E-state index in [1.807, 2.05) is 36.4 Å². The molecule has 10 aromatic rings. The lowest BCUT2D eigenvalue weighted by Gasteiger charge is -2.46. The van der Waals surface area contributed by atoms with Gasteiger partial charge in [0, 0.05) is 22.1 Å². The van der Waals surface area contributed by atoms with Crippen molar-refractivity contribution in [3.05, 3.63) is 258 Å². The van der Waals surface area contributed by atoms with Crippen LogP contribution >= 0.6 is 0 Å². The molecule has 0 atom stereocenters. The zero-order chi connectivity index (χ0) is 42.8. The molecule has 64 heavy (non-hydrogen) atoms. The molecule has 0 aliphatic heterocycles. The summed E-state index contributed by atoms with van der Waals surface area (Å²) in [5.41, 5.74) is 19.2. The number of aromatic nitrogens is 3. The van der Waals surface area contributed by atoms with Gasteiger partial charge in [0.15, 0.2) is 17.5 Å². The first-order valence-corrected chi connectivity index (χ1v) is 22.1. The molecule has 1 aromatic heterocycles. The van der Waals surface area contributed by atoms with Crippen molar-refractivity contribution in [1.29, 1.82) is 0 Å². The quantitative estimate of drug-likeness (QED) is 0.168.